The van der Waals surface area contributed by atoms with E-state index in [4.69, 9.17) is 5.73 Å². The Balaban J connectivity index is 0.00000288. The van der Waals surface area contributed by atoms with Gasteiger partial charge < -0.3 is 16.4 Å². The van der Waals surface area contributed by atoms with E-state index in [1.54, 1.807) is 13.8 Å². The first-order valence-electron chi connectivity index (χ1n) is 8.48. The highest BCUT2D eigenvalue weighted by atomic mass is 35.5. The summed E-state index contributed by atoms with van der Waals surface area (Å²) in [5, 5.41) is 5.69. The Hall–Kier alpha value is -1.34. The summed E-state index contributed by atoms with van der Waals surface area (Å²) in [5.41, 5.74) is 4.92. The summed E-state index contributed by atoms with van der Waals surface area (Å²) in [6.07, 6.45) is 5.13. The van der Waals surface area contributed by atoms with Crippen LogP contribution in [-0.4, -0.2) is 47.4 Å². The quantitative estimate of drug-likeness (QED) is 0.618. The molecule has 4 amide bonds. The number of imide groups is 1. The number of nitrogens with two attached hydrogens (primary N) is 1. The van der Waals surface area contributed by atoms with Crippen molar-refractivity contribution in [1.29, 1.82) is 0 Å². The number of carbonyl (C=O) groups is 3. The molecular weight excluding hydrogens is 332 g/mol. The Labute approximate surface area is 149 Å². The third-order valence-corrected chi connectivity index (χ3v) is 4.79. The van der Waals surface area contributed by atoms with E-state index in [1.165, 1.54) is 11.3 Å². The lowest BCUT2D eigenvalue weighted by Gasteiger charge is -2.31. The molecule has 7 nitrogen and oxygen atoms in total. The number of hydrogen-bond acceptors (Lipinski definition) is 4. The Morgan fingerprint density at radius 2 is 2.00 bits per heavy atom. The van der Waals surface area contributed by atoms with Crippen molar-refractivity contribution in [1.82, 2.24) is 15.5 Å². The largest absolute Gasteiger partial charge is 0.353 e. The molecule has 1 saturated carbocycles. The average Bonchev–Trinajstić information content (AvgIpc) is 2.69. The highest BCUT2D eigenvalue weighted by molar-refractivity contribution is 6.06. The molecule has 0 bridgehead atoms. The Kier molecular flexibility index (Phi) is 7.48. The summed E-state index contributed by atoms with van der Waals surface area (Å²) in [7, 11) is 0. The van der Waals surface area contributed by atoms with E-state index in [0.29, 0.717) is 25.3 Å². The molecule has 2 fully saturated rings. The van der Waals surface area contributed by atoms with Gasteiger partial charge in [-0.3, -0.25) is 14.5 Å². The molecule has 0 aromatic heterocycles. The number of carbonyl (C=O) groups excluding carboxylic acids is 3. The molecular formula is C16H29ClN4O3. The maximum absolute atomic E-state index is 12.1. The second-order valence-corrected chi connectivity index (χ2v) is 7.07. The van der Waals surface area contributed by atoms with Gasteiger partial charge >= 0.3 is 6.03 Å². The number of nitrogens with zero attached hydrogens (tertiary/aromatic N) is 1. The average molecular weight is 361 g/mol. The van der Waals surface area contributed by atoms with Crippen molar-refractivity contribution in [3.63, 3.8) is 0 Å². The van der Waals surface area contributed by atoms with Gasteiger partial charge in [0, 0.05) is 19.0 Å². The summed E-state index contributed by atoms with van der Waals surface area (Å²) in [4.78, 5) is 37.1. The lowest BCUT2D eigenvalue weighted by Crippen LogP contribution is -2.45. The van der Waals surface area contributed by atoms with Gasteiger partial charge in [-0.1, -0.05) is 12.8 Å². The number of hydrogen-bond donors (Lipinski definition) is 3. The fourth-order valence-corrected chi connectivity index (χ4v) is 3.38. The van der Waals surface area contributed by atoms with Crippen molar-refractivity contribution in [3.05, 3.63) is 0 Å². The molecule has 4 N–H and O–H groups in total. The first kappa shape index (κ1) is 20.7. The number of amides is 4. The van der Waals surface area contributed by atoms with Crippen LogP contribution in [0.1, 0.15) is 52.4 Å². The number of nitrogens with one attached hydrogen (secondary N) is 2. The summed E-state index contributed by atoms with van der Waals surface area (Å²) in [6, 6.07) is -0.215. The van der Waals surface area contributed by atoms with Crippen molar-refractivity contribution in [3.8, 4) is 0 Å². The molecule has 0 radical (unpaired) electrons. The first-order chi connectivity index (χ1) is 10.8. The van der Waals surface area contributed by atoms with Gasteiger partial charge in [-0.2, -0.15) is 0 Å². The molecule has 2 aliphatic rings. The molecule has 0 spiro atoms. The molecule has 0 aromatic carbocycles. The van der Waals surface area contributed by atoms with Gasteiger partial charge in [0.15, 0.2) is 0 Å². The summed E-state index contributed by atoms with van der Waals surface area (Å²) < 4.78 is 0. The monoisotopic (exact) mass is 360 g/mol. The Bertz CT molecular complexity index is 484. The Morgan fingerprint density at radius 3 is 2.58 bits per heavy atom. The van der Waals surface area contributed by atoms with Crippen LogP contribution in [0.15, 0.2) is 0 Å². The molecule has 2 unspecified atom stereocenters. The van der Waals surface area contributed by atoms with Crippen molar-refractivity contribution >= 4 is 30.3 Å². The minimum atomic E-state index is -0.851. The normalized spacial score (nSPS) is 25.9. The van der Waals surface area contributed by atoms with Crippen LogP contribution in [0.25, 0.3) is 0 Å². The van der Waals surface area contributed by atoms with Gasteiger partial charge in [0.25, 0.3) is 5.91 Å². The van der Waals surface area contributed by atoms with E-state index in [-0.39, 0.29) is 42.8 Å². The maximum atomic E-state index is 12.1. The van der Waals surface area contributed by atoms with Crippen molar-refractivity contribution in [2.75, 3.05) is 13.1 Å². The molecule has 2 atom stereocenters. The van der Waals surface area contributed by atoms with Crippen LogP contribution in [0.5, 0.6) is 0 Å². The van der Waals surface area contributed by atoms with Crippen LogP contribution in [0.3, 0.4) is 0 Å². The number of urea groups is 1. The van der Waals surface area contributed by atoms with Crippen LogP contribution in [0.4, 0.5) is 4.79 Å². The second kappa shape index (κ2) is 8.67. The topological polar surface area (TPSA) is 105 Å². The summed E-state index contributed by atoms with van der Waals surface area (Å²) in [6.45, 7) is 4.22. The van der Waals surface area contributed by atoms with Gasteiger partial charge in [-0.05, 0) is 45.6 Å². The molecule has 1 aliphatic heterocycles. The minimum absolute atomic E-state index is 0. The summed E-state index contributed by atoms with van der Waals surface area (Å²) >= 11 is 0. The smallest absolute Gasteiger partial charge is 0.325 e. The van der Waals surface area contributed by atoms with Gasteiger partial charge in [0.2, 0.25) is 5.91 Å². The van der Waals surface area contributed by atoms with Gasteiger partial charge in [-0.25, -0.2) is 4.79 Å². The second-order valence-electron chi connectivity index (χ2n) is 7.07. The van der Waals surface area contributed by atoms with Crippen LogP contribution >= 0.6 is 12.4 Å². The maximum Gasteiger partial charge on any atom is 0.325 e. The SMILES string of the molecule is CC1(C)NC(=O)N(CCCC(=O)NC2CCCCC2CN)C1=O.Cl. The van der Waals surface area contributed by atoms with Gasteiger partial charge in [0.05, 0.1) is 0 Å². The lowest BCUT2D eigenvalue weighted by atomic mass is 9.84. The van der Waals surface area contributed by atoms with E-state index in [0.717, 1.165) is 19.3 Å². The highest BCUT2D eigenvalue weighted by Gasteiger charge is 2.43. The molecule has 0 aromatic rings. The number of halogens is 1. The molecule has 8 heteroatoms. The molecule has 1 heterocycles. The zero-order chi connectivity index (χ0) is 17.0. The molecule has 1 aliphatic carbocycles. The predicted molar refractivity (Wildman–Crippen MR) is 93.7 cm³/mol. The summed E-state index contributed by atoms with van der Waals surface area (Å²) in [5.74, 6) is 0.0967. The van der Waals surface area contributed by atoms with Crippen LogP contribution < -0.4 is 16.4 Å². The van der Waals surface area contributed by atoms with E-state index in [2.05, 4.69) is 10.6 Å². The van der Waals surface area contributed by atoms with E-state index < -0.39 is 5.54 Å². The molecule has 2 rings (SSSR count). The molecule has 24 heavy (non-hydrogen) atoms. The molecule has 138 valence electrons. The number of rotatable bonds is 6. The minimum Gasteiger partial charge on any atom is -0.353 e. The zero-order valence-corrected chi connectivity index (χ0v) is 15.3. The van der Waals surface area contributed by atoms with E-state index in [9.17, 15) is 14.4 Å². The lowest BCUT2D eigenvalue weighted by molar-refractivity contribution is -0.130. The van der Waals surface area contributed by atoms with Crippen LogP contribution in [0.2, 0.25) is 0 Å². The van der Waals surface area contributed by atoms with Crippen molar-refractivity contribution in [2.45, 2.75) is 64.0 Å². The van der Waals surface area contributed by atoms with Gasteiger partial charge in [-0.15, -0.1) is 12.4 Å². The van der Waals surface area contributed by atoms with Crippen molar-refractivity contribution < 1.29 is 14.4 Å². The Morgan fingerprint density at radius 1 is 1.33 bits per heavy atom. The predicted octanol–water partition coefficient (Wildman–Crippen LogP) is 1.15. The third-order valence-electron chi connectivity index (χ3n) is 4.79. The fraction of sp³-hybridized carbons (Fsp3) is 0.812. The fourth-order valence-electron chi connectivity index (χ4n) is 3.38. The van der Waals surface area contributed by atoms with Gasteiger partial charge in [0.1, 0.15) is 5.54 Å². The van der Waals surface area contributed by atoms with Crippen LogP contribution in [0, 0.1) is 5.92 Å². The third kappa shape index (κ3) is 4.83. The standard InChI is InChI=1S/C16H28N4O3.ClH/c1-16(2)14(22)20(15(23)19-16)9-5-8-13(21)18-12-7-4-3-6-11(12)10-17;/h11-12H,3-10,17H2,1-2H3,(H,18,21)(H,19,23);1H. The van der Waals surface area contributed by atoms with E-state index >= 15 is 0 Å². The van der Waals surface area contributed by atoms with Crippen molar-refractivity contribution in [2.24, 2.45) is 11.7 Å². The van der Waals surface area contributed by atoms with E-state index in [1.807, 2.05) is 0 Å². The molecule has 1 saturated heterocycles. The first-order valence-corrected chi connectivity index (χ1v) is 8.48. The zero-order valence-electron chi connectivity index (χ0n) is 14.5. The highest BCUT2D eigenvalue weighted by Crippen LogP contribution is 2.23. The van der Waals surface area contributed by atoms with Crippen LogP contribution in [-0.2, 0) is 9.59 Å².